The van der Waals surface area contributed by atoms with Gasteiger partial charge in [0, 0.05) is 33.1 Å². The van der Waals surface area contributed by atoms with Gasteiger partial charge >= 0.3 is 0 Å². The average Bonchev–Trinajstić information content (AvgIpc) is 2.55. The van der Waals surface area contributed by atoms with Gasteiger partial charge in [0.1, 0.15) is 6.07 Å². The molecule has 1 fully saturated rings. The predicted molar refractivity (Wildman–Crippen MR) is 86.7 cm³/mol. The number of piperidine rings is 1. The van der Waals surface area contributed by atoms with Crippen molar-refractivity contribution in [3.63, 3.8) is 0 Å². The van der Waals surface area contributed by atoms with E-state index in [1.54, 1.807) is 24.3 Å². The van der Waals surface area contributed by atoms with E-state index in [-0.39, 0.29) is 11.8 Å². The first-order chi connectivity index (χ1) is 10.9. The zero-order chi connectivity index (χ0) is 17.0. The SMILES string of the molecule is CN(C)S(=O)(=O)N1CCC(C(=O)Nc2ccccc2C#N)CC1. The number of carbonyl (C=O) groups is 1. The molecule has 1 amide bonds. The molecule has 7 nitrogen and oxygen atoms in total. The quantitative estimate of drug-likeness (QED) is 0.888. The molecule has 0 atom stereocenters. The fourth-order valence-corrected chi connectivity index (χ4v) is 3.64. The lowest BCUT2D eigenvalue weighted by Crippen LogP contribution is -2.46. The van der Waals surface area contributed by atoms with Crippen molar-refractivity contribution in [2.45, 2.75) is 12.8 Å². The largest absolute Gasteiger partial charge is 0.325 e. The third-order valence-electron chi connectivity index (χ3n) is 3.92. The summed E-state index contributed by atoms with van der Waals surface area (Å²) in [5, 5.41) is 11.8. The van der Waals surface area contributed by atoms with E-state index in [4.69, 9.17) is 5.26 Å². The molecular formula is C15H20N4O3S. The van der Waals surface area contributed by atoms with Crippen molar-refractivity contribution in [1.29, 1.82) is 5.26 Å². The lowest BCUT2D eigenvalue weighted by Gasteiger charge is -2.32. The maximum absolute atomic E-state index is 12.3. The molecule has 0 aromatic heterocycles. The van der Waals surface area contributed by atoms with Crippen LogP contribution in [0.4, 0.5) is 5.69 Å². The highest BCUT2D eigenvalue weighted by atomic mass is 32.2. The number of anilines is 1. The van der Waals surface area contributed by atoms with Gasteiger partial charge < -0.3 is 5.32 Å². The molecule has 1 heterocycles. The highest BCUT2D eigenvalue weighted by Gasteiger charge is 2.32. The molecule has 1 N–H and O–H groups in total. The van der Waals surface area contributed by atoms with Gasteiger partial charge in [0.05, 0.1) is 11.3 Å². The fraction of sp³-hybridized carbons (Fsp3) is 0.467. The van der Waals surface area contributed by atoms with E-state index < -0.39 is 10.2 Å². The standard InChI is InChI=1S/C15H20N4O3S/c1-18(2)23(21,22)19-9-7-12(8-10-19)15(20)17-14-6-4-3-5-13(14)11-16/h3-6,12H,7-10H2,1-2H3,(H,17,20). The molecule has 8 heteroatoms. The number of nitrogens with one attached hydrogen (secondary N) is 1. The van der Waals surface area contributed by atoms with Crippen molar-refractivity contribution < 1.29 is 13.2 Å². The van der Waals surface area contributed by atoms with Gasteiger partial charge in [-0.1, -0.05) is 12.1 Å². The normalized spacial score (nSPS) is 17.0. The van der Waals surface area contributed by atoms with Crippen LogP contribution in [0, 0.1) is 17.2 Å². The molecule has 1 aliphatic heterocycles. The van der Waals surface area contributed by atoms with Gasteiger partial charge in [-0.15, -0.1) is 0 Å². The molecule has 124 valence electrons. The molecule has 1 aliphatic rings. The van der Waals surface area contributed by atoms with Crippen molar-refractivity contribution in [1.82, 2.24) is 8.61 Å². The second kappa shape index (κ2) is 7.08. The van der Waals surface area contributed by atoms with Crippen LogP contribution in [-0.2, 0) is 15.0 Å². The Kier molecular flexibility index (Phi) is 5.36. The number of hydrogen-bond donors (Lipinski definition) is 1. The van der Waals surface area contributed by atoms with E-state index in [1.807, 2.05) is 6.07 Å². The van der Waals surface area contributed by atoms with Crippen LogP contribution >= 0.6 is 0 Å². The maximum Gasteiger partial charge on any atom is 0.281 e. The second-order valence-corrected chi connectivity index (χ2v) is 7.75. The molecule has 0 aliphatic carbocycles. The summed E-state index contributed by atoms with van der Waals surface area (Å²) in [5.74, 6) is -0.426. The molecule has 1 aromatic rings. The summed E-state index contributed by atoms with van der Waals surface area (Å²) < 4.78 is 26.7. The van der Waals surface area contributed by atoms with Crippen molar-refractivity contribution in [2.24, 2.45) is 5.92 Å². The van der Waals surface area contributed by atoms with Crippen molar-refractivity contribution in [2.75, 3.05) is 32.5 Å². The first-order valence-electron chi connectivity index (χ1n) is 7.34. The smallest absolute Gasteiger partial charge is 0.281 e. The molecule has 0 spiro atoms. The highest BCUT2D eigenvalue weighted by Crippen LogP contribution is 2.23. The van der Waals surface area contributed by atoms with Crippen LogP contribution in [0.25, 0.3) is 0 Å². The first kappa shape index (κ1) is 17.4. The van der Waals surface area contributed by atoms with Crippen molar-refractivity contribution in [3.05, 3.63) is 29.8 Å². The number of nitriles is 1. The summed E-state index contributed by atoms with van der Waals surface area (Å²) in [6.07, 6.45) is 0.932. The molecule has 0 bridgehead atoms. The summed E-state index contributed by atoms with van der Waals surface area (Å²) in [4.78, 5) is 12.3. The predicted octanol–water partition coefficient (Wildman–Crippen LogP) is 1.02. The Morgan fingerprint density at radius 1 is 1.30 bits per heavy atom. The minimum atomic E-state index is -3.43. The topological polar surface area (TPSA) is 93.5 Å². The number of amides is 1. The second-order valence-electron chi connectivity index (χ2n) is 5.61. The van der Waals surface area contributed by atoms with Crippen LogP contribution in [0.15, 0.2) is 24.3 Å². The third-order valence-corrected chi connectivity index (χ3v) is 5.86. The number of hydrogen-bond acceptors (Lipinski definition) is 4. The van der Waals surface area contributed by atoms with Gasteiger partial charge in [-0.25, -0.2) is 0 Å². The Morgan fingerprint density at radius 2 is 1.91 bits per heavy atom. The molecule has 2 rings (SSSR count). The van der Waals surface area contributed by atoms with E-state index in [0.29, 0.717) is 37.2 Å². The van der Waals surface area contributed by atoms with Crippen LogP contribution in [0.3, 0.4) is 0 Å². The summed E-state index contributed by atoms with van der Waals surface area (Å²) in [7, 11) is -0.441. The Morgan fingerprint density at radius 3 is 2.48 bits per heavy atom. The van der Waals surface area contributed by atoms with E-state index >= 15 is 0 Å². The summed E-state index contributed by atoms with van der Waals surface area (Å²) in [6.45, 7) is 0.636. The van der Waals surface area contributed by atoms with Crippen LogP contribution < -0.4 is 5.32 Å². The number of rotatable bonds is 4. The van der Waals surface area contributed by atoms with Crippen LogP contribution in [-0.4, -0.2) is 50.1 Å². The molecule has 1 aromatic carbocycles. The van der Waals surface area contributed by atoms with Gasteiger partial charge in [-0.05, 0) is 25.0 Å². The van der Waals surface area contributed by atoms with Gasteiger partial charge in [-0.2, -0.15) is 22.3 Å². The van der Waals surface area contributed by atoms with Gasteiger partial charge in [0.2, 0.25) is 5.91 Å². The first-order valence-corrected chi connectivity index (χ1v) is 8.73. The number of carbonyl (C=O) groups excluding carboxylic acids is 1. The summed E-state index contributed by atoms with van der Waals surface area (Å²) in [5.41, 5.74) is 0.900. The lowest BCUT2D eigenvalue weighted by atomic mass is 9.97. The average molecular weight is 336 g/mol. The zero-order valence-corrected chi connectivity index (χ0v) is 14.0. The van der Waals surface area contributed by atoms with E-state index in [2.05, 4.69) is 5.32 Å². The van der Waals surface area contributed by atoms with Crippen LogP contribution in [0.2, 0.25) is 0 Å². The molecule has 0 unspecified atom stereocenters. The van der Waals surface area contributed by atoms with Crippen molar-refractivity contribution >= 4 is 21.8 Å². The van der Waals surface area contributed by atoms with E-state index in [0.717, 1.165) is 0 Å². The van der Waals surface area contributed by atoms with Crippen LogP contribution in [0.1, 0.15) is 18.4 Å². The van der Waals surface area contributed by atoms with Gasteiger partial charge in [-0.3, -0.25) is 4.79 Å². The minimum absolute atomic E-state index is 0.172. The fourth-order valence-electron chi connectivity index (χ4n) is 2.50. The van der Waals surface area contributed by atoms with E-state index in [9.17, 15) is 13.2 Å². The Hall–Kier alpha value is -1.95. The molecule has 1 saturated heterocycles. The monoisotopic (exact) mass is 336 g/mol. The number of para-hydroxylation sites is 1. The summed E-state index contributed by atoms with van der Waals surface area (Å²) >= 11 is 0. The van der Waals surface area contributed by atoms with Crippen molar-refractivity contribution in [3.8, 4) is 6.07 Å². The zero-order valence-electron chi connectivity index (χ0n) is 13.2. The minimum Gasteiger partial charge on any atom is -0.325 e. The van der Waals surface area contributed by atoms with Crippen LogP contribution in [0.5, 0.6) is 0 Å². The van der Waals surface area contributed by atoms with Gasteiger partial charge in [0.15, 0.2) is 0 Å². The Bertz CT molecular complexity index is 716. The Labute approximate surface area is 136 Å². The highest BCUT2D eigenvalue weighted by molar-refractivity contribution is 7.86. The Balaban J connectivity index is 1.98. The molecule has 0 saturated carbocycles. The van der Waals surface area contributed by atoms with E-state index in [1.165, 1.54) is 22.7 Å². The third kappa shape index (κ3) is 3.88. The van der Waals surface area contributed by atoms with Gasteiger partial charge in [0.25, 0.3) is 10.2 Å². The number of nitrogens with zero attached hydrogens (tertiary/aromatic N) is 3. The molecule has 23 heavy (non-hydrogen) atoms. The number of benzene rings is 1. The molecular weight excluding hydrogens is 316 g/mol. The lowest BCUT2D eigenvalue weighted by molar-refractivity contribution is -0.120. The summed E-state index contributed by atoms with van der Waals surface area (Å²) in [6, 6.07) is 8.85. The maximum atomic E-state index is 12.3. The molecule has 0 radical (unpaired) electrons.